The summed E-state index contributed by atoms with van der Waals surface area (Å²) in [6, 6.07) is 0. The van der Waals surface area contributed by atoms with E-state index in [4.69, 9.17) is 0 Å². The summed E-state index contributed by atoms with van der Waals surface area (Å²) in [7, 11) is 0. The topological polar surface area (TPSA) is 37.3 Å². The monoisotopic (exact) mass is 302 g/mol. The smallest absolute Gasteiger partial charge is 0.309 e. The van der Waals surface area contributed by atoms with Gasteiger partial charge in [-0.3, -0.25) is 4.79 Å². The number of hydrogen-bond donors (Lipinski definition) is 1. The molecule has 3 aliphatic carbocycles. The minimum atomic E-state index is -0.582. The summed E-state index contributed by atoms with van der Waals surface area (Å²) in [6.07, 6.45) is 9.97. The maximum atomic E-state index is 11.9. The Kier molecular flexibility index (Phi) is 3.78. The Labute approximate surface area is 134 Å². The van der Waals surface area contributed by atoms with E-state index in [0.29, 0.717) is 11.8 Å². The van der Waals surface area contributed by atoms with Crippen molar-refractivity contribution in [3.8, 4) is 0 Å². The number of allylic oxidation sites excluding steroid dienone is 4. The molecule has 1 saturated carbocycles. The molecule has 3 atom stereocenters. The SMILES string of the molecule is CC(C)C1=CC2=C(CC1)[C@@]1(C)CCC[C@@](C)(C(=O)O)C1CC2. The van der Waals surface area contributed by atoms with Crippen molar-refractivity contribution in [3.05, 3.63) is 22.8 Å². The average molecular weight is 302 g/mol. The van der Waals surface area contributed by atoms with Crippen molar-refractivity contribution in [3.63, 3.8) is 0 Å². The second kappa shape index (κ2) is 5.25. The minimum absolute atomic E-state index is 0.109. The quantitative estimate of drug-likeness (QED) is 0.746. The van der Waals surface area contributed by atoms with E-state index in [0.717, 1.165) is 32.1 Å². The molecule has 0 aromatic heterocycles. The zero-order valence-corrected chi connectivity index (χ0v) is 14.5. The molecule has 122 valence electrons. The molecule has 0 aromatic carbocycles. The van der Waals surface area contributed by atoms with E-state index in [-0.39, 0.29) is 5.41 Å². The van der Waals surface area contributed by atoms with Gasteiger partial charge in [-0.1, -0.05) is 44.4 Å². The van der Waals surface area contributed by atoms with Gasteiger partial charge in [-0.05, 0) is 68.3 Å². The van der Waals surface area contributed by atoms with Crippen molar-refractivity contribution >= 4 is 5.97 Å². The molecule has 3 aliphatic rings. The molecule has 0 radical (unpaired) electrons. The fraction of sp³-hybridized carbons (Fsp3) is 0.750. The molecule has 1 N–H and O–H groups in total. The average Bonchev–Trinajstić information content (AvgIpc) is 2.46. The molecule has 2 heteroatoms. The molecule has 0 aliphatic heterocycles. The van der Waals surface area contributed by atoms with E-state index in [1.165, 1.54) is 12.8 Å². The van der Waals surface area contributed by atoms with E-state index in [1.807, 2.05) is 6.92 Å². The van der Waals surface area contributed by atoms with Gasteiger partial charge in [-0.25, -0.2) is 0 Å². The van der Waals surface area contributed by atoms with Gasteiger partial charge in [0.05, 0.1) is 5.41 Å². The third kappa shape index (κ3) is 2.18. The van der Waals surface area contributed by atoms with E-state index >= 15 is 0 Å². The first kappa shape index (κ1) is 15.8. The van der Waals surface area contributed by atoms with Crippen LogP contribution in [0, 0.1) is 22.7 Å². The van der Waals surface area contributed by atoms with Crippen LogP contribution < -0.4 is 0 Å². The fourth-order valence-electron chi connectivity index (χ4n) is 5.57. The summed E-state index contributed by atoms with van der Waals surface area (Å²) in [5.74, 6) is 0.357. The number of carbonyl (C=O) groups is 1. The zero-order valence-electron chi connectivity index (χ0n) is 14.5. The van der Waals surface area contributed by atoms with E-state index in [9.17, 15) is 9.90 Å². The maximum absolute atomic E-state index is 11.9. The molecular weight excluding hydrogens is 272 g/mol. The van der Waals surface area contributed by atoms with Gasteiger partial charge in [-0.15, -0.1) is 0 Å². The highest BCUT2D eigenvalue weighted by atomic mass is 16.4. The van der Waals surface area contributed by atoms with Gasteiger partial charge in [0.2, 0.25) is 0 Å². The molecule has 0 bridgehead atoms. The lowest BCUT2D eigenvalue weighted by molar-refractivity contribution is -0.159. The molecule has 0 aromatic rings. The number of fused-ring (bicyclic) bond motifs is 2. The molecule has 1 fully saturated rings. The lowest BCUT2D eigenvalue weighted by Gasteiger charge is -2.55. The Bertz CT molecular complexity index is 554. The molecule has 2 nitrogen and oxygen atoms in total. The lowest BCUT2D eigenvalue weighted by atomic mass is 9.48. The zero-order chi connectivity index (χ0) is 16.1. The van der Waals surface area contributed by atoms with Crippen LogP contribution in [0.25, 0.3) is 0 Å². The normalized spacial score (nSPS) is 38.4. The van der Waals surface area contributed by atoms with Gasteiger partial charge in [-0.2, -0.15) is 0 Å². The van der Waals surface area contributed by atoms with Crippen LogP contribution in [0.15, 0.2) is 22.8 Å². The van der Waals surface area contributed by atoms with Crippen molar-refractivity contribution in [2.75, 3.05) is 0 Å². The van der Waals surface area contributed by atoms with Crippen LogP contribution in [-0.4, -0.2) is 11.1 Å². The second-order valence-electron chi connectivity index (χ2n) is 8.46. The van der Waals surface area contributed by atoms with Crippen LogP contribution in [0.3, 0.4) is 0 Å². The van der Waals surface area contributed by atoms with Crippen LogP contribution in [0.2, 0.25) is 0 Å². The highest BCUT2D eigenvalue weighted by Crippen LogP contribution is 2.61. The summed E-state index contributed by atoms with van der Waals surface area (Å²) >= 11 is 0. The van der Waals surface area contributed by atoms with E-state index < -0.39 is 11.4 Å². The van der Waals surface area contributed by atoms with Crippen molar-refractivity contribution < 1.29 is 9.90 Å². The van der Waals surface area contributed by atoms with Crippen LogP contribution in [-0.2, 0) is 4.79 Å². The molecule has 22 heavy (non-hydrogen) atoms. The summed E-state index contributed by atoms with van der Waals surface area (Å²) < 4.78 is 0. The summed E-state index contributed by atoms with van der Waals surface area (Å²) in [5.41, 5.74) is 4.30. The summed E-state index contributed by atoms with van der Waals surface area (Å²) in [6.45, 7) is 8.93. The highest BCUT2D eigenvalue weighted by Gasteiger charge is 2.55. The number of carboxylic acid groups (broad SMARTS) is 1. The van der Waals surface area contributed by atoms with Crippen molar-refractivity contribution in [1.29, 1.82) is 0 Å². The molecule has 0 saturated heterocycles. The Hall–Kier alpha value is -1.05. The summed E-state index contributed by atoms with van der Waals surface area (Å²) in [5, 5.41) is 9.83. The molecule has 3 rings (SSSR count). The van der Waals surface area contributed by atoms with Crippen molar-refractivity contribution in [1.82, 2.24) is 0 Å². The maximum Gasteiger partial charge on any atom is 0.309 e. The van der Waals surface area contributed by atoms with Crippen LogP contribution in [0.1, 0.15) is 72.6 Å². The van der Waals surface area contributed by atoms with E-state index in [2.05, 4.69) is 26.8 Å². The predicted molar refractivity (Wildman–Crippen MR) is 89.6 cm³/mol. The van der Waals surface area contributed by atoms with E-state index in [1.54, 1.807) is 16.7 Å². The molecule has 1 unspecified atom stereocenters. The minimum Gasteiger partial charge on any atom is -0.481 e. The third-order valence-electron chi connectivity index (χ3n) is 6.96. The third-order valence-corrected chi connectivity index (χ3v) is 6.96. The Balaban J connectivity index is 2.03. The number of aliphatic carboxylic acids is 1. The summed E-state index contributed by atoms with van der Waals surface area (Å²) in [4.78, 5) is 11.9. The first-order chi connectivity index (χ1) is 10.3. The van der Waals surface area contributed by atoms with Crippen molar-refractivity contribution in [2.24, 2.45) is 22.7 Å². The van der Waals surface area contributed by atoms with Gasteiger partial charge in [0.25, 0.3) is 0 Å². The number of hydrogen-bond acceptors (Lipinski definition) is 1. The highest BCUT2D eigenvalue weighted by molar-refractivity contribution is 5.75. The van der Waals surface area contributed by atoms with Crippen LogP contribution in [0.4, 0.5) is 0 Å². The standard InChI is InChI=1S/C20H30O2/c1-13(2)14-6-8-16-15(12-14)7-9-17-19(16,3)10-5-11-20(17,4)18(21)22/h12-13,17H,5-11H2,1-4H3,(H,21,22)/t17?,19-,20-/m1/s1. The van der Waals surface area contributed by atoms with Crippen LogP contribution in [0.5, 0.6) is 0 Å². The van der Waals surface area contributed by atoms with Gasteiger partial charge >= 0.3 is 5.97 Å². The molecule has 0 amide bonds. The van der Waals surface area contributed by atoms with Gasteiger partial charge in [0.1, 0.15) is 0 Å². The largest absolute Gasteiger partial charge is 0.481 e. The number of rotatable bonds is 2. The first-order valence-corrected chi connectivity index (χ1v) is 8.95. The Morgan fingerprint density at radius 1 is 1.23 bits per heavy atom. The Morgan fingerprint density at radius 3 is 2.59 bits per heavy atom. The van der Waals surface area contributed by atoms with Gasteiger partial charge in [0, 0.05) is 0 Å². The second-order valence-corrected chi connectivity index (χ2v) is 8.46. The first-order valence-electron chi connectivity index (χ1n) is 8.95. The molecule has 0 spiro atoms. The van der Waals surface area contributed by atoms with Crippen molar-refractivity contribution in [2.45, 2.75) is 72.6 Å². The molecular formula is C20H30O2. The van der Waals surface area contributed by atoms with Gasteiger partial charge in [0.15, 0.2) is 0 Å². The predicted octanol–water partition coefficient (Wildman–Crippen LogP) is 5.35. The lowest BCUT2D eigenvalue weighted by Crippen LogP contribution is -2.50. The fourth-order valence-corrected chi connectivity index (χ4v) is 5.57. The van der Waals surface area contributed by atoms with Gasteiger partial charge < -0.3 is 5.11 Å². The van der Waals surface area contributed by atoms with Crippen LogP contribution >= 0.6 is 0 Å². The number of carboxylic acids is 1. The molecule has 0 heterocycles. The Morgan fingerprint density at radius 2 is 1.95 bits per heavy atom.